The second kappa shape index (κ2) is 8.82. The van der Waals surface area contributed by atoms with Crippen LogP contribution in [-0.4, -0.2) is 42.3 Å². The summed E-state index contributed by atoms with van der Waals surface area (Å²) in [6.45, 7) is 7.97. The van der Waals surface area contributed by atoms with Crippen LogP contribution in [0.2, 0.25) is 5.02 Å². The molecule has 2 rings (SSSR count). The highest BCUT2D eigenvalue weighted by Gasteiger charge is 2.25. The maximum Gasteiger partial charge on any atom is 0.263 e. The molecule has 0 bridgehead atoms. The van der Waals surface area contributed by atoms with E-state index in [2.05, 4.69) is 4.99 Å². The number of aromatic nitrogens is 1. The Labute approximate surface area is 165 Å². The van der Waals surface area contributed by atoms with Crippen LogP contribution in [0.25, 0.3) is 0 Å². The number of sulfonamides is 1. The van der Waals surface area contributed by atoms with Crippen molar-refractivity contribution in [2.75, 3.05) is 13.1 Å². The van der Waals surface area contributed by atoms with Gasteiger partial charge >= 0.3 is 0 Å². The van der Waals surface area contributed by atoms with Crippen molar-refractivity contribution in [1.82, 2.24) is 8.87 Å². The summed E-state index contributed by atoms with van der Waals surface area (Å²) in [5.41, 5.74) is 0.724. The zero-order chi connectivity index (χ0) is 20.2. The molecule has 0 fully saturated rings. The molecule has 8 heteroatoms. The maximum absolute atomic E-state index is 13.0. The van der Waals surface area contributed by atoms with Gasteiger partial charge in [0.05, 0.1) is 5.02 Å². The molecule has 146 valence electrons. The number of nitrogens with zero attached hydrogens (tertiary/aromatic N) is 3. The summed E-state index contributed by atoms with van der Waals surface area (Å²) in [5, 5.41) is 0.0867. The van der Waals surface area contributed by atoms with Crippen molar-refractivity contribution in [3.63, 3.8) is 0 Å². The van der Waals surface area contributed by atoms with Gasteiger partial charge in [-0.15, -0.1) is 0 Å². The fraction of sp³-hybridized carbons (Fsp3) is 0.368. The van der Waals surface area contributed by atoms with Crippen molar-refractivity contribution in [2.45, 2.75) is 38.6 Å². The van der Waals surface area contributed by atoms with E-state index in [4.69, 9.17) is 11.6 Å². The van der Waals surface area contributed by atoms with E-state index in [-0.39, 0.29) is 27.4 Å². The summed E-state index contributed by atoms with van der Waals surface area (Å²) >= 11 is 6.15. The van der Waals surface area contributed by atoms with Crippen LogP contribution in [0.1, 0.15) is 38.1 Å². The van der Waals surface area contributed by atoms with E-state index >= 15 is 0 Å². The molecule has 0 saturated carbocycles. The summed E-state index contributed by atoms with van der Waals surface area (Å²) in [4.78, 5) is 17.4. The molecule has 27 heavy (non-hydrogen) atoms. The van der Waals surface area contributed by atoms with E-state index in [1.807, 2.05) is 13.8 Å². The molecule has 0 unspecified atom stereocenters. The molecular weight excluding hydrogens is 386 g/mol. The number of rotatable bonds is 6. The monoisotopic (exact) mass is 409 g/mol. The van der Waals surface area contributed by atoms with Gasteiger partial charge in [0.1, 0.15) is 10.4 Å². The van der Waals surface area contributed by atoms with Gasteiger partial charge in [0.2, 0.25) is 10.0 Å². The van der Waals surface area contributed by atoms with E-state index in [1.165, 1.54) is 27.1 Å². The number of hydrogen-bond donors (Lipinski definition) is 0. The molecule has 0 aliphatic carbocycles. The lowest BCUT2D eigenvalue weighted by Crippen LogP contribution is -2.31. The van der Waals surface area contributed by atoms with Crippen LogP contribution in [0.5, 0.6) is 0 Å². The van der Waals surface area contributed by atoms with Crippen molar-refractivity contribution in [1.29, 1.82) is 0 Å². The standard InChI is InChI=1S/C19H24ClN3O3S/c1-5-22(6-2)27(25,26)17-13-15(10-11-16(17)20)19(24)23-12-8-7-9-18(23)21-14(3)4/h7-14H,5-6H2,1-4H3. The van der Waals surface area contributed by atoms with Crippen LogP contribution in [0.3, 0.4) is 0 Å². The first-order valence-corrected chi connectivity index (χ1v) is 10.6. The van der Waals surface area contributed by atoms with E-state index in [0.29, 0.717) is 18.6 Å². The number of pyridine rings is 1. The van der Waals surface area contributed by atoms with Gasteiger partial charge in [-0.05, 0) is 44.2 Å². The predicted molar refractivity (Wildman–Crippen MR) is 106 cm³/mol. The van der Waals surface area contributed by atoms with Gasteiger partial charge in [-0.1, -0.05) is 31.5 Å². The first-order valence-electron chi connectivity index (χ1n) is 8.78. The fourth-order valence-corrected chi connectivity index (χ4v) is 4.61. The number of carbonyl (C=O) groups excluding carboxylic acids is 1. The zero-order valence-corrected chi connectivity index (χ0v) is 17.5. The highest BCUT2D eigenvalue weighted by atomic mass is 35.5. The molecule has 0 aliphatic heterocycles. The molecule has 1 aromatic heterocycles. The topological polar surface area (TPSA) is 71.7 Å². The summed E-state index contributed by atoms with van der Waals surface area (Å²) in [6.07, 6.45) is 1.61. The highest BCUT2D eigenvalue weighted by molar-refractivity contribution is 7.89. The Kier molecular flexibility index (Phi) is 6.97. The lowest BCUT2D eigenvalue weighted by molar-refractivity contribution is 0.0954. The molecule has 0 atom stereocenters. The minimum absolute atomic E-state index is 0.00951. The summed E-state index contributed by atoms with van der Waals surface area (Å²) in [5.74, 6) is -0.373. The lowest BCUT2D eigenvalue weighted by Gasteiger charge is -2.19. The third kappa shape index (κ3) is 4.66. The average Bonchev–Trinajstić information content (AvgIpc) is 2.62. The molecular formula is C19H24ClN3O3S. The summed E-state index contributed by atoms with van der Waals surface area (Å²) < 4.78 is 28.4. The van der Waals surface area contributed by atoms with Gasteiger partial charge in [-0.2, -0.15) is 4.31 Å². The van der Waals surface area contributed by atoms with Gasteiger partial charge < -0.3 is 0 Å². The molecule has 0 saturated heterocycles. The largest absolute Gasteiger partial charge is 0.268 e. The molecule has 0 N–H and O–H groups in total. The first-order chi connectivity index (χ1) is 12.7. The maximum atomic E-state index is 13.0. The average molecular weight is 410 g/mol. The van der Waals surface area contributed by atoms with Crippen molar-refractivity contribution in [3.05, 3.63) is 58.7 Å². The van der Waals surface area contributed by atoms with Crippen LogP contribution >= 0.6 is 11.6 Å². The third-order valence-corrected chi connectivity index (χ3v) is 6.48. The minimum Gasteiger partial charge on any atom is -0.268 e. The predicted octanol–water partition coefficient (Wildman–Crippen LogP) is 3.17. The summed E-state index contributed by atoms with van der Waals surface area (Å²) in [6, 6.07) is 9.55. The third-order valence-electron chi connectivity index (χ3n) is 3.95. The molecule has 0 radical (unpaired) electrons. The van der Waals surface area contributed by atoms with Crippen LogP contribution in [0, 0.1) is 0 Å². The van der Waals surface area contributed by atoms with Crippen molar-refractivity contribution in [3.8, 4) is 0 Å². The van der Waals surface area contributed by atoms with Gasteiger partial charge in [0.15, 0.2) is 0 Å². The normalized spacial score (nSPS) is 12.8. The Morgan fingerprint density at radius 3 is 2.44 bits per heavy atom. The van der Waals surface area contributed by atoms with Crippen LogP contribution in [0.4, 0.5) is 0 Å². The smallest absolute Gasteiger partial charge is 0.263 e. The molecule has 0 aliphatic rings. The SMILES string of the molecule is CCN(CC)S(=O)(=O)c1cc(C(=O)n2ccccc2=NC(C)C)ccc1Cl. The van der Waals surface area contributed by atoms with Crippen molar-refractivity contribution >= 4 is 27.5 Å². The quantitative estimate of drug-likeness (QED) is 0.735. The number of hydrogen-bond acceptors (Lipinski definition) is 4. The molecule has 2 aromatic rings. The van der Waals surface area contributed by atoms with Crippen molar-refractivity contribution < 1.29 is 13.2 Å². The van der Waals surface area contributed by atoms with Crippen LogP contribution in [0.15, 0.2) is 52.5 Å². The second-order valence-corrected chi connectivity index (χ2v) is 8.50. The Hall–Kier alpha value is -1.96. The number of benzene rings is 1. The highest BCUT2D eigenvalue weighted by Crippen LogP contribution is 2.26. The molecule has 6 nitrogen and oxygen atoms in total. The van der Waals surface area contributed by atoms with Crippen LogP contribution < -0.4 is 5.49 Å². The summed E-state index contributed by atoms with van der Waals surface area (Å²) in [7, 11) is -3.78. The zero-order valence-electron chi connectivity index (χ0n) is 15.9. The fourth-order valence-electron chi connectivity index (χ4n) is 2.65. The minimum atomic E-state index is -3.78. The number of halogens is 1. The number of carbonyl (C=O) groups is 1. The van der Waals surface area contributed by atoms with Gasteiger partial charge in [-0.25, -0.2) is 8.42 Å². The molecule has 1 heterocycles. The lowest BCUT2D eigenvalue weighted by atomic mass is 10.2. The molecule has 0 amide bonds. The van der Waals surface area contributed by atoms with Crippen molar-refractivity contribution in [2.24, 2.45) is 4.99 Å². The second-order valence-electron chi connectivity index (χ2n) is 6.19. The van der Waals surface area contributed by atoms with E-state index < -0.39 is 10.0 Å². The Morgan fingerprint density at radius 2 is 1.85 bits per heavy atom. The first kappa shape index (κ1) is 21.3. The Balaban J connectivity index is 2.59. The van der Waals surface area contributed by atoms with E-state index in [0.717, 1.165) is 0 Å². The van der Waals surface area contributed by atoms with E-state index in [1.54, 1.807) is 38.2 Å². The molecule has 0 spiro atoms. The van der Waals surface area contributed by atoms with Gasteiger partial charge in [0, 0.05) is 30.9 Å². The van der Waals surface area contributed by atoms with Crippen LogP contribution in [-0.2, 0) is 10.0 Å². The van der Waals surface area contributed by atoms with Gasteiger partial charge in [-0.3, -0.25) is 14.4 Å². The Morgan fingerprint density at radius 1 is 1.19 bits per heavy atom. The van der Waals surface area contributed by atoms with Gasteiger partial charge in [0.25, 0.3) is 5.91 Å². The van der Waals surface area contributed by atoms with E-state index in [9.17, 15) is 13.2 Å². The Bertz CT molecular complexity index is 993. The molecule has 1 aromatic carbocycles.